The summed E-state index contributed by atoms with van der Waals surface area (Å²) in [5, 5.41) is 10.1. The van der Waals surface area contributed by atoms with Crippen molar-refractivity contribution in [1.82, 2.24) is 0 Å². The van der Waals surface area contributed by atoms with Crippen LogP contribution in [0.1, 0.15) is 24.8 Å². The largest absolute Gasteiger partial charge is 0.393 e. The Labute approximate surface area is 83.3 Å². The van der Waals surface area contributed by atoms with E-state index in [2.05, 4.69) is 12.1 Å². The molecule has 0 bridgehead atoms. The number of aliphatic hydroxyl groups is 1. The molecule has 2 heteroatoms. The van der Waals surface area contributed by atoms with Crippen LogP contribution in [0.15, 0.2) is 24.3 Å². The number of benzene rings is 1. The highest BCUT2D eigenvalue weighted by Crippen LogP contribution is 2.49. The van der Waals surface area contributed by atoms with Gasteiger partial charge in [-0.15, -0.1) is 0 Å². The van der Waals surface area contributed by atoms with E-state index in [1.165, 1.54) is 5.56 Å². The van der Waals surface area contributed by atoms with Gasteiger partial charge in [0.25, 0.3) is 0 Å². The summed E-state index contributed by atoms with van der Waals surface area (Å²) >= 11 is 5.79. The highest BCUT2D eigenvalue weighted by Gasteiger charge is 2.41. The smallest absolute Gasteiger partial charge is 0.0546 e. The van der Waals surface area contributed by atoms with Crippen LogP contribution in [0.2, 0.25) is 5.02 Å². The third-order valence-electron chi connectivity index (χ3n) is 2.76. The van der Waals surface area contributed by atoms with Crippen LogP contribution in [0.5, 0.6) is 0 Å². The van der Waals surface area contributed by atoms with Crippen molar-refractivity contribution >= 4 is 11.6 Å². The Morgan fingerprint density at radius 1 is 1.38 bits per heavy atom. The zero-order valence-corrected chi connectivity index (χ0v) is 8.33. The fourth-order valence-corrected chi connectivity index (χ4v) is 1.97. The molecule has 0 aromatic heterocycles. The molecule has 1 aliphatic rings. The standard InChI is InChI=1S/C11H13ClO/c1-7(13)10-6-11(10)8-2-4-9(12)5-3-8/h2-5,7,10-11,13H,6H2,1H3/t7-,10-,11-/m0/s1. The van der Waals surface area contributed by atoms with Crippen LogP contribution in [0.25, 0.3) is 0 Å². The summed E-state index contributed by atoms with van der Waals surface area (Å²) in [5.74, 6) is 1.01. The second-order valence-electron chi connectivity index (χ2n) is 3.80. The molecular formula is C11H13ClO. The van der Waals surface area contributed by atoms with E-state index in [-0.39, 0.29) is 6.10 Å². The molecule has 0 radical (unpaired) electrons. The van der Waals surface area contributed by atoms with E-state index < -0.39 is 0 Å². The minimum absolute atomic E-state index is 0.180. The molecule has 1 aliphatic carbocycles. The highest BCUT2D eigenvalue weighted by molar-refractivity contribution is 6.30. The average Bonchev–Trinajstić information content (AvgIpc) is 2.85. The topological polar surface area (TPSA) is 20.2 Å². The van der Waals surface area contributed by atoms with Gasteiger partial charge in [0.1, 0.15) is 0 Å². The predicted molar refractivity (Wildman–Crippen MR) is 54.0 cm³/mol. The van der Waals surface area contributed by atoms with Gasteiger partial charge < -0.3 is 5.11 Å². The maximum absolute atomic E-state index is 9.35. The van der Waals surface area contributed by atoms with Gasteiger partial charge in [-0.3, -0.25) is 0 Å². The van der Waals surface area contributed by atoms with Crippen molar-refractivity contribution in [3.8, 4) is 0 Å². The van der Waals surface area contributed by atoms with E-state index in [9.17, 15) is 5.11 Å². The Hall–Kier alpha value is -0.530. The van der Waals surface area contributed by atoms with Crippen LogP contribution in [0, 0.1) is 5.92 Å². The van der Waals surface area contributed by atoms with Gasteiger partial charge in [0.05, 0.1) is 6.10 Å². The lowest BCUT2D eigenvalue weighted by atomic mass is 10.1. The molecule has 2 rings (SSSR count). The lowest BCUT2D eigenvalue weighted by molar-refractivity contribution is 0.169. The third kappa shape index (κ3) is 1.87. The Morgan fingerprint density at radius 3 is 2.46 bits per heavy atom. The van der Waals surface area contributed by atoms with Crippen LogP contribution in [0.3, 0.4) is 0 Å². The second kappa shape index (κ2) is 3.32. The van der Waals surface area contributed by atoms with Crippen molar-refractivity contribution in [3.63, 3.8) is 0 Å². The zero-order chi connectivity index (χ0) is 9.42. The number of hydrogen-bond acceptors (Lipinski definition) is 1. The van der Waals surface area contributed by atoms with Crippen molar-refractivity contribution in [2.75, 3.05) is 0 Å². The minimum Gasteiger partial charge on any atom is -0.393 e. The minimum atomic E-state index is -0.180. The lowest BCUT2D eigenvalue weighted by Gasteiger charge is -2.02. The van der Waals surface area contributed by atoms with Crippen LogP contribution >= 0.6 is 11.6 Å². The maximum Gasteiger partial charge on any atom is 0.0546 e. The first kappa shape index (κ1) is 9.04. The molecule has 0 spiro atoms. The quantitative estimate of drug-likeness (QED) is 0.772. The third-order valence-corrected chi connectivity index (χ3v) is 3.01. The van der Waals surface area contributed by atoms with E-state index in [0.717, 1.165) is 11.4 Å². The number of hydrogen-bond donors (Lipinski definition) is 1. The van der Waals surface area contributed by atoms with Gasteiger partial charge in [-0.25, -0.2) is 0 Å². The highest BCUT2D eigenvalue weighted by atomic mass is 35.5. The van der Waals surface area contributed by atoms with Gasteiger partial charge in [-0.1, -0.05) is 23.7 Å². The van der Waals surface area contributed by atoms with Gasteiger partial charge in [-0.05, 0) is 42.9 Å². The summed E-state index contributed by atoms with van der Waals surface area (Å²) in [6.07, 6.45) is 0.930. The molecule has 0 amide bonds. The molecule has 0 saturated heterocycles. The van der Waals surface area contributed by atoms with E-state index in [0.29, 0.717) is 11.8 Å². The molecule has 0 unspecified atom stereocenters. The normalized spacial score (nSPS) is 28.5. The van der Waals surface area contributed by atoms with Crippen LogP contribution in [-0.4, -0.2) is 11.2 Å². The van der Waals surface area contributed by atoms with Crippen LogP contribution < -0.4 is 0 Å². The molecule has 1 aromatic carbocycles. The Balaban J connectivity index is 2.08. The van der Waals surface area contributed by atoms with Crippen molar-refractivity contribution in [3.05, 3.63) is 34.9 Å². The molecule has 13 heavy (non-hydrogen) atoms. The molecule has 1 nitrogen and oxygen atoms in total. The first-order valence-electron chi connectivity index (χ1n) is 4.62. The maximum atomic E-state index is 9.35. The first-order valence-corrected chi connectivity index (χ1v) is 5.00. The van der Waals surface area contributed by atoms with Crippen molar-refractivity contribution < 1.29 is 5.11 Å². The fourth-order valence-electron chi connectivity index (χ4n) is 1.84. The molecule has 3 atom stereocenters. The molecule has 70 valence electrons. The van der Waals surface area contributed by atoms with E-state index in [4.69, 9.17) is 11.6 Å². The zero-order valence-electron chi connectivity index (χ0n) is 7.57. The van der Waals surface area contributed by atoms with Crippen molar-refractivity contribution in [2.24, 2.45) is 5.92 Å². The van der Waals surface area contributed by atoms with E-state index in [1.54, 1.807) is 0 Å². The summed E-state index contributed by atoms with van der Waals surface area (Å²) in [4.78, 5) is 0. The van der Waals surface area contributed by atoms with E-state index in [1.807, 2.05) is 19.1 Å². The fraction of sp³-hybridized carbons (Fsp3) is 0.455. The Kier molecular flexibility index (Phi) is 2.31. The summed E-state index contributed by atoms with van der Waals surface area (Å²) < 4.78 is 0. The molecule has 0 heterocycles. The van der Waals surface area contributed by atoms with Gasteiger partial charge in [0, 0.05) is 5.02 Å². The number of halogens is 1. The molecular weight excluding hydrogens is 184 g/mol. The Morgan fingerprint density at radius 2 is 2.00 bits per heavy atom. The van der Waals surface area contributed by atoms with Gasteiger partial charge in [-0.2, -0.15) is 0 Å². The van der Waals surface area contributed by atoms with Gasteiger partial charge in [0.2, 0.25) is 0 Å². The molecule has 0 aliphatic heterocycles. The SMILES string of the molecule is C[C@H](O)[C@@H]1C[C@H]1c1ccc(Cl)cc1. The summed E-state index contributed by atoms with van der Waals surface area (Å²) in [6.45, 7) is 1.86. The molecule has 1 N–H and O–H groups in total. The van der Waals surface area contributed by atoms with Gasteiger partial charge in [0.15, 0.2) is 0 Å². The van der Waals surface area contributed by atoms with Crippen molar-refractivity contribution in [2.45, 2.75) is 25.4 Å². The van der Waals surface area contributed by atoms with E-state index >= 15 is 0 Å². The monoisotopic (exact) mass is 196 g/mol. The average molecular weight is 197 g/mol. The first-order chi connectivity index (χ1) is 6.18. The van der Waals surface area contributed by atoms with Crippen LogP contribution in [0.4, 0.5) is 0 Å². The summed E-state index contributed by atoms with van der Waals surface area (Å²) in [6, 6.07) is 7.92. The summed E-state index contributed by atoms with van der Waals surface area (Å²) in [5.41, 5.74) is 1.30. The molecule has 1 fully saturated rings. The van der Waals surface area contributed by atoms with Gasteiger partial charge >= 0.3 is 0 Å². The number of aliphatic hydroxyl groups excluding tert-OH is 1. The molecule has 1 saturated carbocycles. The Bertz CT molecular complexity index is 291. The lowest BCUT2D eigenvalue weighted by Crippen LogP contribution is -2.03. The number of rotatable bonds is 2. The molecule has 1 aromatic rings. The van der Waals surface area contributed by atoms with Crippen molar-refractivity contribution in [1.29, 1.82) is 0 Å². The summed E-state index contributed by atoms with van der Waals surface area (Å²) in [7, 11) is 0. The second-order valence-corrected chi connectivity index (χ2v) is 4.23. The van der Waals surface area contributed by atoms with Crippen LogP contribution in [-0.2, 0) is 0 Å². The predicted octanol–water partition coefficient (Wildman–Crippen LogP) is 2.82.